The number of fused-ring (bicyclic) bond motifs is 2. The zero-order chi connectivity index (χ0) is 19.9. The molecule has 0 N–H and O–H groups in total. The minimum absolute atomic E-state index is 0.796. The van der Waals surface area contributed by atoms with Gasteiger partial charge in [0.25, 0.3) is 0 Å². The van der Waals surface area contributed by atoms with Crippen molar-refractivity contribution in [2.45, 2.75) is 0 Å². The largest absolute Gasteiger partial charge is 0.440 e. The maximum Gasteiger partial charge on any atom is 0.202 e. The van der Waals surface area contributed by atoms with Gasteiger partial charge in [-0.05, 0) is 12.1 Å². The molecule has 30 heavy (non-hydrogen) atoms. The van der Waals surface area contributed by atoms with Gasteiger partial charge in [0.2, 0.25) is 11.8 Å². The van der Waals surface area contributed by atoms with E-state index in [-0.39, 0.29) is 0 Å². The summed E-state index contributed by atoms with van der Waals surface area (Å²) < 4.78 is 12.0. The minimum atomic E-state index is 0.796. The molecule has 150 valence electrons. The van der Waals surface area contributed by atoms with Crippen LogP contribution in [0.4, 0.5) is 11.8 Å². The molecule has 0 unspecified atom stereocenters. The van der Waals surface area contributed by atoms with E-state index >= 15 is 0 Å². The van der Waals surface area contributed by atoms with Crippen molar-refractivity contribution in [3.05, 3.63) is 85.5 Å². The lowest BCUT2D eigenvalue weighted by Crippen LogP contribution is -2.33. The lowest BCUT2D eigenvalue weighted by Gasteiger charge is -2.24. The van der Waals surface area contributed by atoms with Gasteiger partial charge < -0.3 is 18.6 Å². The molecule has 0 saturated carbocycles. The van der Waals surface area contributed by atoms with Crippen molar-refractivity contribution in [3.63, 3.8) is 0 Å². The number of para-hydroxylation sites is 2. The SMILES string of the molecule is C1=CN(c2cc3ccccc3o2)CN1CCN1C=CN(c2cc3ccccc3o2)C1. The summed E-state index contributed by atoms with van der Waals surface area (Å²) in [6, 6.07) is 20.4. The van der Waals surface area contributed by atoms with E-state index in [4.69, 9.17) is 8.83 Å². The van der Waals surface area contributed by atoms with Crippen LogP contribution in [0, 0.1) is 0 Å². The normalized spacial score (nSPS) is 16.1. The Labute approximate surface area is 174 Å². The van der Waals surface area contributed by atoms with Gasteiger partial charge >= 0.3 is 0 Å². The number of anilines is 2. The Kier molecular flexibility index (Phi) is 3.94. The van der Waals surface area contributed by atoms with E-state index < -0.39 is 0 Å². The second-order valence-corrected chi connectivity index (χ2v) is 7.69. The first-order valence-electron chi connectivity index (χ1n) is 10.2. The van der Waals surface area contributed by atoms with Crippen LogP contribution in [0.5, 0.6) is 0 Å². The number of furan rings is 2. The van der Waals surface area contributed by atoms with Gasteiger partial charge in [-0.1, -0.05) is 36.4 Å². The van der Waals surface area contributed by atoms with E-state index in [2.05, 4.69) is 68.7 Å². The van der Waals surface area contributed by atoms with Crippen LogP contribution in [-0.2, 0) is 0 Å². The van der Waals surface area contributed by atoms with Crippen LogP contribution < -0.4 is 9.80 Å². The molecule has 0 spiro atoms. The van der Waals surface area contributed by atoms with Crippen molar-refractivity contribution < 1.29 is 8.83 Å². The molecule has 0 bridgehead atoms. The molecule has 0 saturated heterocycles. The Balaban J connectivity index is 1.04. The Bertz CT molecular complexity index is 1090. The molecule has 0 amide bonds. The summed E-state index contributed by atoms with van der Waals surface area (Å²) in [5, 5.41) is 2.26. The van der Waals surface area contributed by atoms with Gasteiger partial charge in [0, 0.05) is 60.8 Å². The molecule has 0 fully saturated rings. The van der Waals surface area contributed by atoms with Crippen LogP contribution in [0.3, 0.4) is 0 Å². The molecule has 2 aromatic carbocycles. The van der Waals surface area contributed by atoms with Gasteiger partial charge in [0.1, 0.15) is 11.2 Å². The van der Waals surface area contributed by atoms with E-state index in [9.17, 15) is 0 Å². The molecule has 6 rings (SSSR count). The number of hydrogen-bond donors (Lipinski definition) is 0. The van der Waals surface area contributed by atoms with Gasteiger partial charge in [0.15, 0.2) is 0 Å². The number of benzene rings is 2. The second-order valence-electron chi connectivity index (χ2n) is 7.69. The van der Waals surface area contributed by atoms with Crippen LogP contribution in [0.2, 0.25) is 0 Å². The summed E-state index contributed by atoms with van der Waals surface area (Å²) in [5.74, 6) is 1.76. The molecule has 0 atom stereocenters. The third-order valence-corrected chi connectivity index (χ3v) is 5.65. The highest BCUT2D eigenvalue weighted by molar-refractivity contribution is 5.82. The van der Waals surface area contributed by atoms with E-state index in [1.165, 1.54) is 0 Å². The van der Waals surface area contributed by atoms with Crippen LogP contribution >= 0.6 is 0 Å². The highest BCUT2D eigenvalue weighted by Crippen LogP contribution is 2.29. The van der Waals surface area contributed by atoms with Gasteiger partial charge in [-0.15, -0.1) is 0 Å². The minimum Gasteiger partial charge on any atom is -0.440 e. The lowest BCUT2D eigenvalue weighted by molar-refractivity contribution is 0.319. The highest BCUT2D eigenvalue weighted by Gasteiger charge is 2.20. The Morgan fingerprint density at radius 1 is 0.600 bits per heavy atom. The topological polar surface area (TPSA) is 39.2 Å². The van der Waals surface area contributed by atoms with E-state index in [1.54, 1.807) is 0 Å². The number of nitrogens with zero attached hydrogens (tertiary/aromatic N) is 4. The van der Waals surface area contributed by atoms with Crippen LogP contribution in [0.1, 0.15) is 0 Å². The zero-order valence-corrected chi connectivity index (χ0v) is 16.5. The Morgan fingerprint density at radius 2 is 1.07 bits per heavy atom. The van der Waals surface area contributed by atoms with E-state index in [0.717, 1.165) is 60.1 Å². The molecule has 0 aliphatic carbocycles. The van der Waals surface area contributed by atoms with Gasteiger partial charge in [-0.25, -0.2) is 0 Å². The summed E-state index contributed by atoms with van der Waals surface area (Å²) >= 11 is 0. The summed E-state index contributed by atoms with van der Waals surface area (Å²) in [4.78, 5) is 8.87. The van der Waals surface area contributed by atoms with Gasteiger partial charge in [-0.3, -0.25) is 9.80 Å². The summed E-state index contributed by atoms with van der Waals surface area (Å²) in [6.07, 6.45) is 8.42. The average Bonchev–Trinajstić information content (AvgIpc) is 3.56. The average molecular weight is 398 g/mol. The molecule has 2 aliphatic rings. The summed E-state index contributed by atoms with van der Waals surface area (Å²) in [5.41, 5.74) is 1.85. The fourth-order valence-electron chi connectivity index (χ4n) is 3.98. The molecule has 2 aliphatic heterocycles. The van der Waals surface area contributed by atoms with E-state index in [1.807, 2.05) is 36.4 Å². The van der Waals surface area contributed by atoms with Crippen LogP contribution in [0.15, 0.2) is 94.3 Å². The maximum absolute atomic E-state index is 5.98. The first-order valence-corrected chi connectivity index (χ1v) is 10.2. The smallest absolute Gasteiger partial charge is 0.202 e. The number of rotatable bonds is 5. The molecular formula is C24H22N4O2. The second kappa shape index (κ2) is 6.91. The predicted molar refractivity (Wildman–Crippen MR) is 119 cm³/mol. The molecule has 2 aromatic heterocycles. The van der Waals surface area contributed by atoms with Gasteiger partial charge in [-0.2, -0.15) is 0 Å². The van der Waals surface area contributed by atoms with Crippen molar-refractivity contribution in [3.8, 4) is 0 Å². The fraction of sp³-hybridized carbons (Fsp3) is 0.167. The van der Waals surface area contributed by atoms with Crippen molar-refractivity contribution in [1.29, 1.82) is 0 Å². The number of hydrogen-bond acceptors (Lipinski definition) is 6. The summed E-state index contributed by atoms with van der Waals surface area (Å²) in [7, 11) is 0. The van der Waals surface area contributed by atoms with Crippen LogP contribution in [0.25, 0.3) is 21.9 Å². The standard InChI is InChI=1S/C24H22N4O2/c1-3-7-21-19(5-1)15-23(29-21)27-13-11-25(17-27)9-10-26-12-14-28(18-26)24-16-20-6-2-4-8-22(20)30-24/h1-8,11-16H,9-10,17-18H2. The highest BCUT2D eigenvalue weighted by atomic mass is 16.4. The monoisotopic (exact) mass is 398 g/mol. The van der Waals surface area contributed by atoms with Crippen molar-refractivity contribution >= 4 is 33.7 Å². The van der Waals surface area contributed by atoms with Gasteiger partial charge in [0.05, 0.1) is 13.3 Å². The zero-order valence-electron chi connectivity index (χ0n) is 16.5. The molecule has 6 nitrogen and oxygen atoms in total. The lowest BCUT2D eigenvalue weighted by atomic mass is 10.3. The Hall–Kier alpha value is -3.80. The molecule has 6 heteroatoms. The maximum atomic E-state index is 5.98. The predicted octanol–water partition coefficient (Wildman–Crippen LogP) is 4.98. The van der Waals surface area contributed by atoms with Crippen molar-refractivity contribution in [1.82, 2.24) is 9.80 Å². The summed E-state index contributed by atoms with van der Waals surface area (Å²) in [6.45, 7) is 3.46. The Morgan fingerprint density at radius 3 is 1.53 bits per heavy atom. The molecular weight excluding hydrogens is 376 g/mol. The van der Waals surface area contributed by atoms with E-state index in [0.29, 0.717) is 0 Å². The molecule has 0 radical (unpaired) electrons. The van der Waals surface area contributed by atoms with Crippen LogP contribution in [-0.4, -0.2) is 36.2 Å². The first kappa shape index (κ1) is 17.1. The first-order chi connectivity index (χ1) is 14.8. The molecule has 4 aromatic rings. The quantitative estimate of drug-likeness (QED) is 0.472. The van der Waals surface area contributed by atoms with Crippen molar-refractivity contribution in [2.24, 2.45) is 0 Å². The fourth-order valence-corrected chi connectivity index (χ4v) is 3.98. The third kappa shape index (κ3) is 3.06. The van der Waals surface area contributed by atoms with Crippen molar-refractivity contribution in [2.75, 3.05) is 36.2 Å². The third-order valence-electron chi connectivity index (χ3n) is 5.65. The molecule has 4 heterocycles.